The van der Waals surface area contributed by atoms with Crippen molar-refractivity contribution < 1.29 is 18.7 Å². The highest BCUT2D eigenvalue weighted by Gasteiger charge is 2.13. The Morgan fingerprint density at radius 3 is 2.79 bits per heavy atom. The summed E-state index contributed by atoms with van der Waals surface area (Å²) in [5.41, 5.74) is 0.924. The molecule has 0 unspecified atom stereocenters. The van der Waals surface area contributed by atoms with Crippen molar-refractivity contribution in [3.8, 4) is 11.3 Å². The van der Waals surface area contributed by atoms with Crippen LogP contribution in [0.25, 0.3) is 11.3 Å². The SMILES string of the molecule is O=C(O)CCc1cncnc1-c1ccc(F)cc1F. The molecule has 2 aromatic rings. The lowest BCUT2D eigenvalue weighted by Gasteiger charge is -2.08. The highest BCUT2D eigenvalue weighted by atomic mass is 19.1. The first-order valence-electron chi connectivity index (χ1n) is 5.54. The predicted molar refractivity (Wildman–Crippen MR) is 63.3 cm³/mol. The van der Waals surface area contributed by atoms with E-state index in [0.29, 0.717) is 5.56 Å². The summed E-state index contributed by atoms with van der Waals surface area (Å²) in [4.78, 5) is 18.3. The van der Waals surface area contributed by atoms with Crippen molar-refractivity contribution in [2.75, 3.05) is 0 Å². The van der Waals surface area contributed by atoms with Gasteiger partial charge in [-0.25, -0.2) is 18.7 Å². The van der Waals surface area contributed by atoms with Crippen molar-refractivity contribution in [3.05, 3.63) is 47.9 Å². The number of aryl methyl sites for hydroxylation is 1. The molecule has 0 saturated carbocycles. The molecule has 0 aliphatic rings. The summed E-state index contributed by atoms with van der Waals surface area (Å²) in [5, 5.41) is 8.66. The Kier molecular flexibility index (Phi) is 3.79. The third kappa shape index (κ3) is 3.09. The monoisotopic (exact) mass is 264 g/mol. The summed E-state index contributed by atoms with van der Waals surface area (Å²) in [7, 11) is 0. The van der Waals surface area contributed by atoms with Crippen LogP contribution in [0.5, 0.6) is 0 Å². The van der Waals surface area contributed by atoms with Gasteiger partial charge < -0.3 is 5.11 Å². The molecule has 1 N–H and O–H groups in total. The van der Waals surface area contributed by atoms with Gasteiger partial charge in [-0.2, -0.15) is 0 Å². The van der Waals surface area contributed by atoms with Crippen LogP contribution in [0.2, 0.25) is 0 Å². The fraction of sp³-hybridized carbons (Fsp3) is 0.154. The molecule has 0 aliphatic carbocycles. The normalized spacial score (nSPS) is 10.4. The molecule has 2 rings (SSSR count). The third-order valence-electron chi connectivity index (χ3n) is 2.58. The summed E-state index contributed by atoms with van der Waals surface area (Å²) in [6, 6.07) is 3.16. The van der Waals surface area contributed by atoms with Crippen LogP contribution < -0.4 is 0 Å². The number of carboxylic acids is 1. The van der Waals surface area contributed by atoms with Gasteiger partial charge in [-0.1, -0.05) is 0 Å². The Labute approximate surface area is 107 Å². The molecular formula is C13H10F2N2O2. The average Bonchev–Trinajstić information content (AvgIpc) is 2.37. The molecule has 0 amide bonds. The fourth-order valence-corrected chi connectivity index (χ4v) is 1.71. The van der Waals surface area contributed by atoms with E-state index in [1.807, 2.05) is 0 Å². The van der Waals surface area contributed by atoms with Crippen molar-refractivity contribution in [2.45, 2.75) is 12.8 Å². The summed E-state index contributed by atoms with van der Waals surface area (Å²) in [6.07, 6.45) is 2.75. The first kappa shape index (κ1) is 13.1. The van der Waals surface area contributed by atoms with Crippen LogP contribution in [0.3, 0.4) is 0 Å². The van der Waals surface area contributed by atoms with E-state index in [-0.39, 0.29) is 24.1 Å². The summed E-state index contributed by atoms with van der Waals surface area (Å²) in [5.74, 6) is -2.38. The number of carboxylic acid groups (broad SMARTS) is 1. The summed E-state index contributed by atoms with van der Waals surface area (Å²) >= 11 is 0. The minimum Gasteiger partial charge on any atom is -0.481 e. The van der Waals surface area contributed by atoms with Crippen molar-refractivity contribution in [3.63, 3.8) is 0 Å². The number of carbonyl (C=O) groups is 1. The zero-order valence-corrected chi connectivity index (χ0v) is 9.81. The van der Waals surface area contributed by atoms with E-state index in [1.54, 1.807) is 0 Å². The topological polar surface area (TPSA) is 63.1 Å². The molecule has 98 valence electrons. The minimum atomic E-state index is -0.964. The van der Waals surface area contributed by atoms with Gasteiger partial charge in [-0.05, 0) is 24.1 Å². The van der Waals surface area contributed by atoms with Crippen molar-refractivity contribution in [1.82, 2.24) is 9.97 Å². The number of nitrogens with zero attached hydrogens (tertiary/aromatic N) is 2. The lowest BCUT2D eigenvalue weighted by Crippen LogP contribution is -2.02. The average molecular weight is 264 g/mol. The van der Waals surface area contributed by atoms with Crippen LogP contribution in [-0.4, -0.2) is 21.0 Å². The van der Waals surface area contributed by atoms with Crippen molar-refractivity contribution in [1.29, 1.82) is 0 Å². The van der Waals surface area contributed by atoms with Gasteiger partial charge in [-0.15, -0.1) is 0 Å². The quantitative estimate of drug-likeness (QED) is 0.921. The second kappa shape index (κ2) is 5.51. The lowest BCUT2D eigenvalue weighted by molar-refractivity contribution is -0.136. The third-order valence-corrected chi connectivity index (χ3v) is 2.58. The Hall–Kier alpha value is -2.37. The molecule has 6 heteroatoms. The molecule has 0 atom stereocenters. The van der Waals surface area contributed by atoms with E-state index in [1.165, 1.54) is 18.6 Å². The van der Waals surface area contributed by atoms with Gasteiger partial charge in [0.1, 0.15) is 18.0 Å². The van der Waals surface area contributed by atoms with E-state index in [9.17, 15) is 13.6 Å². The maximum atomic E-state index is 13.7. The molecule has 1 aromatic heterocycles. The largest absolute Gasteiger partial charge is 0.481 e. The van der Waals surface area contributed by atoms with E-state index in [2.05, 4.69) is 9.97 Å². The van der Waals surface area contributed by atoms with E-state index < -0.39 is 17.6 Å². The van der Waals surface area contributed by atoms with Gasteiger partial charge in [0.15, 0.2) is 0 Å². The van der Waals surface area contributed by atoms with Gasteiger partial charge in [0.05, 0.1) is 5.69 Å². The minimum absolute atomic E-state index is 0.108. The Morgan fingerprint density at radius 1 is 1.32 bits per heavy atom. The Balaban J connectivity index is 2.41. The smallest absolute Gasteiger partial charge is 0.303 e. The molecule has 1 aromatic carbocycles. The molecule has 1 heterocycles. The van der Waals surface area contributed by atoms with Gasteiger partial charge in [0.2, 0.25) is 0 Å². The van der Waals surface area contributed by atoms with Crippen LogP contribution in [0, 0.1) is 11.6 Å². The Bertz CT molecular complexity index is 617. The number of benzene rings is 1. The Morgan fingerprint density at radius 2 is 2.11 bits per heavy atom. The lowest BCUT2D eigenvalue weighted by atomic mass is 10.0. The number of rotatable bonds is 4. The number of hydrogen-bond donors (Lipinski definition) is 1. The highest BCUT2D eigenvalue weighted by Crippen LogP contribution is 2.25. The molecule has 4 nitrogen and oxygen atoms in total. The van der Waals surface area contributed by atoms with Crippen molar-refractivity contribution in [2.24, 2.45) is 0 Å². The number of aromatic nitrogens is 2. The molecule has 0 fully saturated rings. The van der Waals surface area contributed by atoms with Crippen LogP contribution in [0.4, 0.5) is 8.78 Å². The summed E-state index contributed by atoms with van der Waals surface area (Å²) in [6.45, 7) is 0. The molecule has 0 aliphatic heterocycles. The van der Waals surface area contributed by atoms with E-state index in [4.69, 9.17) is 5.11 Å². The zero-order chi connectivity index (χ0) is 13.8. The summed E-state index contributed by atoms with van der Waals surface area (Å²) < 4.78 is 26.6. The fourth-order valence-electron chi connectivity index (χ4n) is 1.71. The zero-order valence-electron chi connectivity index (χ0n) is 9.81. The van der Waals surface area contributed by atoms with Gasteiger partial charge in [0.25, 0.3) is 0 Å². The van der Waals surface area contributed by atoms with E-state index >= 15 is 0 Å². The first-order chi connectivity index (χ1) is 9.08. The maximum Gasteiger partial charge on any atom is 0.303 e. The van der Waals surface area contributed by atoms with Gasteiger partial charge >= 0.3 is 5.97 Å². The maximum absolute atomic E-state index is 13.7. The standard InChI is InChI=1S/C13H10F2N2O2/c14-9-2-3-10(11(15)5-9)13-8(1-4-12(18)19)6-16-7-17-13/h2-3,5-7H,1,4H2,(H,18,19). The number of hydrogen-bond acceptors (Lipinski definition) is 3. The highest BCUT2D eigenvalue weighted by molar-refractivity contribution is 5.68. The second-order valence-corrected chi connectivity index (χ2v) is 3.91. The van der Waals surface area contributed by atoms with Gasteiger partial charge in [0, 0.05) is 24.2 Å². The van der Waals surface area contributed by atoms with E-state index in [0.717, 1.165) is 12.1 Å². The van der Waals surface area contributed by atoms with Crippen LogP contribution in [0.1, 0.15) is 12.0 Å². The van der Waals surface area contributed by atoms with Crippen LogP contribution >= 0.6 is 0 Å². The predicted octanol–water partition coefficient (Wildman–Crippen LogP) is 2.44. The molecule has 0 spiro atoms. The first-order valence-corrected chi connectivity index (χ1v) is 5.54. The van der Waals surface area contributed by atoms with Crippen LogP contribution in [-0.2, 0) is 11.2 Å². The molecular weight excluding hydrogens is 254 g/mol. The molecule has 0 bridgehead atoms. The number of aliphatic carboxylic acids is 1. The number of halogens is 2. The van der Waals surface area contributed by atoms with Crippen molar-refractivity contribution >= 4 is 5.97 Å². The second-order valence-electron chi connectivity index (χ2n) is 3.91. The molecule has 0 radical (unpaired) electrons. The van der Waals surface area contributed by atoms with Gasteiger partial charge in [-0.3, -0.25) is 4.79 Å². The van der Waals surface area contributed by atoms with Crippen LogP contribution in [0.15, 0.2) is 30.7 Å². The molecule has 19 heavy (non-hydrogen) atoms. The molecule has 0 saturated heterocycles.